The molecule has 0 saturated heterocycles. The van der Waals surface area contributed by atoms with Crippen LogP contribution in [0.3, 0.4) is 0 Å². The molecule has 1 aromatic carbocycles. The van der Waals surface area contributed by atoms with Crippen molar-refractivity contribution in [3.63, 3.8) is 0 Å². The summed E-state index contributed by atoms with van der Waals surface area (Å²) in [6.07, 6.45) is 3.41. The van der Waals surface area contributed by atoms with Crippen molar-refractivity contribution in [1.29, 1.82) is 0 Å². The Hall–Kier alpha value is -1.90. The molecule has 3 nitrogen and oxygen atoms in total. The molecule has 2 aromatic rings. The van der Waals surface area contributed by atoms with Crippen molar-refractivity contribution in [2.75, 3.05) is 0 Å². The summed E-state index contributed by atoms with van der Waals surface area (Å²) in [5.74, 6) is 0.270. The first kappa shape index (κ1) is 8.69. The minimum Gasteiger partial charge on any atom is -0.426 e. The molecule has 0 atom stereocenters. The highest BCUT2D eigenvalue weighted by Crippen LogP contribution is 2.24. The minimum absolute atomic E-state index is 0.311. The Balaban J connectivity index is 2.59. The van der Waals surface area contributed by atoms with E-state index >= 15 is 0 Å². The summed E-state index contributed by atoms with van der Waals surface area (Å²) < 4.78 is 5.06. The van der Waals surface area contributed by atoms with Gasteiger partial charge in [0.1, 0.15) is 5.75 Å². The van der Waals surface area contributed by atoms with Gasteiger partial charge >= 0.3 is 5.97 Å². The Morgan fingerprint density at radius 1 is 1.36 bits per heavy atom. The lowest BCUT2D eigenvalue weighted by molar-refractivity contribution is -0.131. The molecule has 1 aromatic heterocycles. The van der Waals surface area contributed by atoms with E-state index in [4.69, 9.17) is 4.74 Å². The summed E-state index contributed by atoms with van der Waals surface area (Å²) >= 11 is 0. The molecule has 0 aliphatic carbocycles. The molecule has 0 aliphatic rings. The van der Waals surface area contributed by atoms with Crippen molar-refractivity contribution < 1.29 is 9.53 Å². The average molecular weight is 187 g/mol. The summed E-state index contributed by atoms with van der Waals surface area (Å²) in [5, 5.41) is 1.86. The molecule has 1 heterocycles. The third-order valence-electron chi connectivity index (χ3n) is 1.89. The van der Waals surface area contributed by atoms with E-state index in [1.54, 1.807) is 18.5 Å². The lowest BCUT2D eigenvalue weighted by Gasteiger charge is -2.04. The third kappa shape index (κ3) is 1.57. The van der Waals surface area contributed by atoms with Crippen LogP contribution in [0.15, 0.2) is 36.7 Å². The second-order valence-electron chi connectivity index (χ2n) is 2.95. The molecule has 0 radical (unpaired) electrons. The highest BCUT2D eigenvalue weighted by Gasteiger charge is 2.02. The SMILES string of the molecule is CC(=O)Oc1cccc2cnccc12. The van der Waals surface area contributed by atoms with Crippen LogP contribution in [0.25, 0.3) is 10.8 Å². The summed E-state index contributed by atoms with van der Waals surface area (Å²) in [6, 6.07) is 7.36. The molecular formula is C11H9NO2. The Bertz CT molecular complexity index is 474. The first-order valence-electron chi connectivity index (χ1n) is 4.28. The Labute approximate surface area is 81.3 Å². The molecule has 0 amide bonds. The quantitative estimate of drug-likeness (QED) is 0.507. The van der Waals surface area contributed by atoms with Gasteiger partial charge in [-0.2, -0.15) is 0 Å². The molecule has 0 fully saturated rings. The van der Waals surface area contributed by atoms with Crippen LogP contribution in [-0.4, -0.2) is 11.0 Å². The van der Waals surface area contributed by atoms with Crippen LogP contribution in [-0.2, 0) is 4.79 Å². The maximum atomic E-state index is 10.8. The Kier molecular flexibility index (Phi) is 2.14. The van der Waals surface area contributed by atoms with Gasteiger partial charge in [-0.1, -0.05) is 12.1 Å². The van der Waals surface area contributed by atoms with E-state index < -0.39 is 0 Å². The molecule has 2 rings (SSSR count). The summed E-state index contributed by atoms with van der Waals surface area (Å²) in [7, 11) is 0. The zero-order chi connectivity index (χ0) is 9.97. The van der Waals surface area contributed by atoms with Crippen LogP contribution in [0, 0.1) is 0 Å². The first-order chi connectivity index (χ1) is 6.77. The lowest BCUT2D eigenvalue weighted by atomic mass is 10.1. The van der Waals surface area contributed by atoms with Crippen LogP contribution in [0.5, 0.6) is 5.75 Å². The van der Waals surface area contributed by atoms with Gasteiger partial charge in [-0.25, -0.2) is 0 Å². The zero-order valence-electron chi connectivity index (χ0n) is 7.73. The number of aromatic nitrogens is 1. The van der Waals surface area contributed by atoms with Crippen molar-refractivity contribution in [1.82, 2.24) is 4.98 Å². The molecule has 3 heteroatoms. The fourth-order valence-corrected chi connectivity index (χ4v) is 1.34. The van der Waals surface area contributed by atoms with E-state index in [-0.39, 0.29) is 5.97 Å². The van der Waals surface area contributed by atoms with Gasteiger partial charge in [-0.05, 0) is 12.1 Å². The molecule has 0 bridgehead atoms. The number of ether oxygens (including phenoxy) is 1. The number of benzene rings is 1. The van der Waals surface area contributed by atoms with Gasteiger partial charge in [0.15, 0.2) is 0 Å². The number of hydrogen-bond acceptors (Lipinski definition) is 3. The normalized spacial score (nSPS) is 10.1. The topological polar surface area (TPSA) is 39.2 Å². The molecule has 14 heavy (non-hydrogen) atoms. The van der Waals surface area contributed by atoms with Gasteiger partial charge in [0.05, 0.1) is 0 Å². The van der Waals surface area contributed by atoms with E-state index in [1.165, 1.54) is 6.92 Å². The number of rotatable bonds is 1. The third-order valence-corrected chi connectivity index (χ3v) is 1.89. The van der Waals surface area contributed by atoms with Gasteiger partial charge in [-0.3, -0.25) is 9.78 Å². The van der Waals surface area contributed by atoms with Crippen LogP contribution >= 0.6 is 0 Å². The number of hydrogen-bond donors (Lipinski definition) is 0. The van der Waals surface area contributed by atoms with Crippen molar-refractivity contribution in [2.45, 2.75) is 6.92 Å². The summed E-state index contributed by atoms with van der Waals surface area (Å²) in [5.41, 5.74) is 0. The Morgan fingerprint density at radius 3 is 3.00 bits per heavy atom. The second-order valence-corrected chi connectivity index (χ2v) is 2.95. The second kappa shape index (κ2) is 3.46. The van der Waals surface area contributed by atoms with E-state index in [0.29, 0.717) is 5.75 Å². The zero-order valence-corrected chi connectivity index (χ0v) is 7.73. The fraction of sp³-hybridized carbons (Fsp3) is 0.0909. The fourth-order valence-electron chi connectivity index (χ4n) is 1.34. The maximum Gasteiger partial charge on any atom is 0.308 e. The summed E-state index contributed by atoms with van der Waals surface area (Å²) in [6.45, 7) is 1.39. The van der Waals surface area contributed by atoms with Gasteiger partial charge in [0.2, 0.25) is 0 Å². The smallest absolute Gasteiger partial charge is 0.308 e. The van der Waals surface area contributed by atoms with Gasteiger partial charge in [-0.15, -0.1) is 0 Å². The molecule has 0 spiro atoms. The van der Waals surface area contributed by atoms with Crippen LogP contribution in [0.2, 0.25) is 0 Å². The number of carbonyl (C=O) groups is 1. The van der Waals surface area contributed by atoms with Crippen LogP contribution in [0.1, 0.15) is 6.92 Å². The molecule has 0 unspecified atom stereocenters. The largest absolute Gasteiger partial charge is 0.426 e. The van der Waals surface area contributed by atoms with Crippen molar-refractivity contribution in [3.05, 3.63) is 36.7 Å². The summed E-state index contributed by atoms with van der Waals surface area (Å²) in [4.78, 5) is 14.8. The highest BCUT2D eigenvalue weighted by molar-refractivity contribution is 5.89. The minimum atomic E-state index is -0.311. The van der Waals surface area contributed by atoms with E-state index in [1.807, 2.05) is 18.2 Å². The standard InChI is InChI=1S/C11H9NO2/c1-8(13)14-11-4-2-3-9-7-12-6-5-10(9)11/h2-7H,1H3. The Morgan fingerprint density at radius 2 is 2.21 bits per heavy atom. The lowest BCUT2D eigenvalue weighted by Crippen LogP contribution is -2.01. The van der Waals surface area contributed by atoms with Crippen molar-refractivity contribution in [2.24, 2.45) is 0 Å². The molecule has 70 valence electrons. The number of carbonyl (C=O) groups excluding carboxylic acids is 1. The maximum absolute atomic E-state index is 10.8. The van der Waals surface area contributed by atoms with E-state index in [2.05, 4.69) is 4.98 Å². The number of pyridine rings is 1. The number of nitrogens with zero attached hydrogens (tertiary/aromatic N) is 1. The highest BCUT2D eigenvalue weighted by atomic mass is 16.5. The van der Waals surface area contributed by atoms with Gasteiger partial charge in [0.25, 0.3) is 0 Å². The van der Waals surface area contributed by atoms with Crippen LogP contribution < -0.4 is 4.74 Å². The van der Waals surface area contributed by atoms with Gasteiger partial charge < -0.3 is 4.74 Å². The van der Waals surface area contributed by atoms with Crippen molar-refractivity contribution >= 4 is 16.7 Å². The molecule has 0 saturated carbocycles. The average Bonchev–Trinajstić information content (AvgIpc) is 2.18. The first-order valence-corrected chi connectivity index (χ1v) is 4.28. The number of esters is 1. The predicted octanol–water partition coefficient (Wildman–Crippen LogP) is 2.16. The van der Waals surface area contributed by atoms with E-state index in [0.717, 1.165) is 10.8 Å². The molecule has 0 N–H and O–H groups in total. The number of fused-ring (bicyclic) bond motifs is 1. The monoisotopic (exact) mass is 187 g/mol. The van der Waals surface area contributed by atoms with Gasteiger partial charge in [0, 0.05) is 30.1 Å². The van der Waals surface area contributed by atoms with E-state index in [9.17, 15) is 4.79 Å². The van der Waals surface area contributed by atoms with Crippen LogP contribution in [0.4, 0.5) is 0 Å². The molecule has 0 aliphatic heterocycles. The molecular weight excluding hydrogens is 178 g/mol. The predicted molar refractivity (Wildman–Crippen MR) is 53.1 cm³/mol. The van der Waals surface area contributed by atoms with Crippen molar-refractivity contribution in [3.8, 4) is 5.75 Å².